The average Bonchev–Trinajstić information content (AvgIpc) is 2.47. The van der Waals surface area contributed by atoms with Crippen LogP contribution in [0.3, 0.4) is 0 Å². The third kappa shape index (κ3) is 22.2. The van der Waals surface area contributed by atoms with Crippen LogP contribution in [-0.2, 0) is 9.47 Å². The molecule has 134 valence electrons. The van der Waals surface area contributed by atoms with Crippen LogP contribution in [0, 0.1) is 0 Å². The van der Waals surface area contributed by atoms with Crippen LogP contribution in [0.15, 0.2) is 10.2 Å². The second-order valence-electron chi connectivity index (χ2n) is 5.00. The highest BCUT2D eigenvalue weighted by molar-refractivity contribution is 5.69. The maximum absolute atomic E-state index is 10.9. The van der Waals surface area contributed by atoms with E-state index in [1.54, 1.807) is 20.8 Å². The lowest BCUT2D eigenvalue weighted by Gasteiger charge is -2.18. The fourth-order valence-electron chi connectivity index (χ4n) is 0.821. The molecule has 0 aromatic carbocycles. The number of rotatable bonds is 6. The largest absolute Gasteiger partial charge is 0.452 e. The molecule has 0 aliphatic heterocycles. The molecule has 23 heavy (non-hydrogen) atoms. The van der Waals surface area contributed by atoms with Crippen LogP contribution in [-0.4, -0.2) is 50.4 Å². The van der Waals surface area contributed by atoms with Crippen LogP contribution in [0.5, 0.6) is 0 Å². The summed E-state index contributed by atoms with van der Waals surface area (Å²) in [5, 5.41) is 7.12. The van der Waals surface area contributed by atoms with Gasteiger partial charge in [-0.05, 0) is 46.7 Å². The molecule has 10 nitrogen and oxygen atoms in total. The molecule has 0 aliphatic rings. The van der Waals surface area contributed by atoms with Gasteiger partial charge in [-0.1, -0.05) is 0 Å². The molecule has 0 saturated carbocycles. The van der Waals surface area contributed by atoms with Crippen LogP contribution in [0.4, 0.5) is 9.59 Å². The summed E-state index contributed by atoms with van der Waals surface area (Å²) in [5.74, 6) is 0. The Hall–Kier alpha value is -2.20. The monoisotopic (exact) mass is 332 g/mol. The van der Waals surface area contributed by atoms with Crippen LogP contribution in [0.25, 0.3) is 0 Å². The highest BCUT2D eigenvalue weighted by Crippen LogP contribution is 2.05. The lowest BCUT2D eigenvalue weighted by Crippen LogP contribution is -2.29. The molecule has 0 radical (unpaired) electrons. The maximum atomic E-state index is 10.9. The van der Waals surface area contributed by atoms with E-state index in [2.05, 4.69) is 25.8 Å². The minimum absolute atomic E-state index is 0.493. The summed E-state index contributed by atoms with van der Waals surface area (Å²) in [5.41, 5.74) is 14.2. The van der Waals surface area contributed by atoms with Crippen molar-refractivity contribution in [2.45, 2.75) is 39.2 Å². The van der Waals surface area contributed by atoms with E-state index >= 15 is 0 Å². The van der Waals surface area contributed by atoms with Crippen LogP contribution in [0.1, 0.15) is 33.6 Å². The summed E-state index contributed by atoms with van der Waals surface area (Å²) in [6.07, 6.45) is 3.19. The number of nitrogens with one attached hydrogen (secondary N) is 2. The van der Waals surface area contributed by atoms with Crippen molar-refractivity contribution < 1.29 is 19.1 Å². The molecule has 0 aliphatic carbocycles. The number of nitrogens with zero attached hydrogens (tertiary/aromatic N) is 2. The molecule has 0 unspecified atom stereocenters. The third-order valence-corrected chi connectivity index (χ3v) is 1.67. The van der Waals surface area contributed by atoms with Gasteiger partial charge in [0.15, 0.2) is 0 Å². The van der Waals surface area contributed by atoms with Gasteiger partial charge in [0.25, 0.3) is 0 Å². The van der Waals surface area contributed by atoms with Crippen LogP contribution in [0.2, 0.25) is 0 Å². The van der Waals surface area contributed by atoms with Crippen molar-refractivity contribution in [3.63, 3.8) is 0 Å². The number of amides is 2. The quantitative estimate of drug-likeness (QED) is 0.411. The Morgan fingerprint density at radius 3 is 1.78 bits per heavy atom. The molecule has 0 spiro atoms. The smallest absolute Gasteiger partial charge is 0.428 e. The minimum Gasteiger partial charge on any atom is -0.452 e. The SMILES string of the molecule is CC(C)(C)OC(=O)N/N=C/CCN.COC(=O)N/N=C/CCN. The predicted octanol–water partition coefficient (Wildman–Crippen LogP) is 0.523. The Balaban J connectivity index is 0. The number of hydrogen-bond acceptors (Lipinski definition) is 8. The fraction of sp³-hybridized carbons (Fsp3) is 0.692. The van der Waals surface area contributed by atoms with Crippen molar-refractivity contribution >= 4 is 24.6 Å². The number of nitrogens with two attached hydrogens (primary N) is 2. The Kier molecular flexibility index (Phi) is 14.8. The minimum atomic E-state index is -0.576. The van der Waals surface area contributed by atoms with Crippen LogP contribution < -0.4 is 22.3 Å². The highest BCUT2D eigenvalue weighted by Gasteiger charge is 2.15. The number of methoxy groups -OCH3 is 1. The zero-order valence-corrected chi connectivity index (χ0v) is 14.2. The van der Waals surface area contributed by atoms with Gasteiger partial charge in [-0.3, -0.25) is 0 Å². The normalized spacial score (nSPS) is 10.9. The van der Waals surface area contributed by atoms with Gasteiger partial charge in [-0.15, -0.1) is 0 Å². The van der Waals surface area contributed by atoms with Crippen molar-refractivity contribution in [2.24, 2.45) is 21.7 Å². The number of hydrazone groups is 2. The molecule has 0 fully saturated rings. The Bertz CT molecular complexity index is 379. The van der Waals surface area contributed by atoms with Gasteiger partial charge in [0.2, 0.25) is 0 Å². The first-order valence-electron chi connectivity index (χ1n) is 7.03. The van der Waals surface area contributed by atoms with Crippen molar-refractivity contribution in [3.05, 3.63) is 0 Å². The number of hydrogen-bond donors (Lipinski definition) is 4. The number of carbonyl (C=O) groups is 2. The zero-order chi connectivity index (χ0) is 18.1. The lowest BCUT2D eigenvalue weighted by atomic mass is 10.2. The van der Waals surface area contributed by atoms with Gasteiger partial charge in [-0.25, -0.2) is 20.4 Å². The molecule has 0 bridgehead atoms. The predicted molar refractivity (Wildman–Crippen MR) is 89.2 cm³/mol. The molecule has 0 aromatic heterocycles. The number of carbonyl (C=O) groups excluding carboxylic acids is 2. The summed E-state index contributed by atoms with van der Waals surface area (Å²) < 4.78 is 9.16. The summed E-state index contributed by atoms with van der Waals surface area (Å²) in [4.78, 5) is 21.2. The van der Waals surface area contributed by atoms with Crippen LogP contribution >= 0.6 is 0 Å². The highest BCUT2D eigenvalue weighted by atomic mass is 16.6. The second-order valence-corrected chi connectivity index (χ2v) is 5.00. The van der Waals surface area contributed by atoms with Crippen molar-refractivity contribution in [1.29, 1.82) is 0 Å². The first kappa shape index (κ1) is 23.1. The van der Waals surface area contributed by atoms with Crippen molar-refractivity contribution in [2.75, 3.05) is 20.2 Å². The second kappa shape index (κ2) is 14.7. The van der Waals surface area contributed by atoms with E-state index in [1.165, 1.54) is 19.5 Å². The molecule has 0 saturated heterocycles. The number of ether oxygens (including phenoxy) is 2. The molecule has 0 heterocycles. The molecule has 6 N–H and O–H groups in total. The van der Waals surface area contributed by atoms with Gasteiger partial charge >= 0.3 is 12.2 Å². The average molecular weight is 332 g/mol. The topological polar surface area (TPSA) is 153 Å². The van der Waals surface area contributed by atoms with Gasteiger partial charge in [0, 0.05) is 12.4 Å². The standard InChI is InChI=1S/C8H17N3O2.C5H11N3O2/c1-8(2,3)13-7(12)11-10-6-4-5-9;1-10-5(9)8-7-4-2-3-6/h6H,4-5,9H2,1-3H3,(H,11,12);4H,2-3,6H2,1H3,(H,8,9)/b10-6+;7-4+. The maximum Gasteiger partial charge on any atom is 0.428 e. The van der Waals surface area contributed by atoms with E-state index in [4.69, 9.17) is 16.2 Å². The van der Waals surface area contributed by atoms with Gasteiger partial charge in [-0.2, -0.15) is 10.2 Å². The Morgan fingerprint density at radius 1 is 1.00 bits per heavy atom. The lowest BCUT2D eigenvalue weighted by molar-refractivity contribution is 0.0529. The van der Waals surface area contributed by atoms with E-state index < -0.39 is 17.8 Å². The van der Waals surface area contributed by atoms with Gasteiger partial charge < -0.3 is 20.9 Å². The van der Waals surface area contributed by atoms with E-state index in [1.807, 2.05) is 0 Å². The molecule has 10 heteroatoms. The summed E-state index contributed by atoms with van der Waals surface area (Å²) >= 11 is 0. The molecular weight excluding hydrogens is 304 g/mol. The van der Waals surface area contributed by atoms with Crippen molar-refractivity contribution in [1.82, 2.24) is 10.9 Å². The molecular formula is C13H28N6O4. The fourth-order valence-corrected chi connectivity index (χ4v) is 0.821. The van der Waals surface area contributed by atoms with E-state index in [9.17, 15) is 9.59 Å². The van der Waals surface area contributed by atoms with Gasteiger partial charge in [0.05, 0.1) is 7.11 Å². The Morgan fingerprint density at radius 2 is 1.43 bits per heavy atom. The van der Waals surface area contributed by atoms with E-state index in [0.717, 1.165) is 0 Å². The van der Waals surface area contributed by atoms with E-state index in [-0.39, 0.29) is 0 Å². The summed E-state index contributed by atoms with van der Waals surface area (Å²) in [6, 6.07) is 0. The summed E-state index contributed by atoms with van der Waals surface area (Å²) in [6.45, 7) is 6.40. The first-order valence-corrected chi connectivity index (χ1v) is 7.03. The third-order valence-electron chi connectivity index (χ3n) is 1.67. The van der Waals surface area contributed by atoms with E-state index in [0.29, 0.717) is 25.9 Å². The summed E-state index contributed by atoms with van der Waals surface area (Å²) in [7, 11) is 1.27. The van der Waals surface area contributed by atoms with Crippen molar-refractivity contribution in [3.8, 4) is 0 Å². The van der Waals surface area contributed by atoms with Gasteiger partial charge in [0.1, 0.15) is 5.60 Å². The first-order chi connectivity index (χ1) is 10.8. The molecule has 0 aromatic rings. The molecule has 0 rings (SSSR count). The zero-order valence-electron chi connectivity index (χ0n) is 14.2. The Labute approximate surface area is 136 Å². The molecule has 0 atom stereocenters. The molecule has 2 amide bonds.